The predicted octanol–water partition coefficient (Wildman–Crippen LogP) is 12.2. The molecular weight excluding hydrogens is 837 g/mol. The van der Waals surface area contributed by atoms with Gasteiger partial charge in [0.25, 0.3) is 0 Å². The van der Waals surface area contributed by atoms with Crippen LogP contribution < -0.4 is 0 Å². The molecule has 0 bridgehead atoms. The van der Waals surface area contributed by atoms with E-state index in [0.29, 0.717) is 13.0 Å². The van der Waals surface area contributed by atoms with Gasteiger partial charge in [0.15, 0.2) is 6.29 Å². The van der Waals surface area contributed by atoms with Gasteiger partial charge in [-0.2, -0.15) is 8.42 Å². The maximum absolute atomic E-state index is 12.9. The van der Waals surface area contributed by atoms with Crippen LogP contribution >= 0.6 is 0 Å². The Bertz CT molecular complexity index is 1170. The van der Waals surface area contributed by atoms with Gasteiger partial charge in [-0.25, -0.2) is 4.18 Å². The van der Waals surface area contributed by atoms with E-state index >= 15 is 0 Å². The number of carbonyl (C=O) groups excluding carboxylic acids is 1. The molecule has 0 saturated carbocycles. The average molecular weight is 935 g/mol. The first kappa shape index (κ1) is 60.9. The first-order valence-electron chi connectivity index (χ1n) is 26.4. The van der Waals surface area contributed by atoms with Crippen molar-refractivity contribution in [1.29, 1.82) is 0 Å². The minimum atomic E-state index is -5.06. The monoisotopic (exact) mass is 935 g/mol. The maximum atomic E-state index is 12.9. The van der Waals surface area contributed by atoms with Gasteiger partial charge in [0, 0.05) is 13.0 Å². The fourth-order valence-corrected chi connectivity index (χ4v) is 8.88. The van der Waals surface area contributed by atoms with Crippen molar-refractivity contribution in [2.75, 3.05) is 26.4 Å². The largest absolute Gasteiger partial charge is 0.457 e. The Hall–Kier alpha value is -1.16. The fourth-order valence-electron chi connectivity index (χ4n) is 8.38. The molecule has 0 aromatic rings. The lowest BCUT2D eigenvalue weighted by Gasteiger charge is -2.41. The summed E-state index contributed by atoms with van der Waals surface area (Å²) in [5.74, 6) is -0.395. The van der Waals surface area contributed by atoms with Crippen molar-refractivity contribution < 1.29 is 56.2 Å². The fraction of sp³-hybridized carbons (Fsp3) is 0.941. The number of carbonyl (C=O) groups is 1. The molecule has 0 aliphatic carbocycles. The molecule has 12 nitrogen and oxygen atoms in total. The SMILES string of the molecule is CCCCC/C=C\CCCCCCCCOCC(COC1OC(CO)C(O)C(OS(=O)(=O)O)C1O)OC(=O)CCCCCCCCCCCCCCCCCCCCCCCCCC. The maximum Gasteiger partial charge on any atom is 0.397 e. The lowest BCUT2D eigenvalue weighted by molar-refractivity contribution is -0.301. The number of unbranched alkanes of at least 4 members (excludes halogenated alkanes) is 32. The number of rotatable bonds is 47. The molecule has 13 heteroatoms. The molecule has 4 N–H and O–H groups in total. The van der Waals surface area contributed by atoms with Crippen LogP contribution in [0.15, 0.2) is 12.2 Å². The van der Waals surface area contributed by atoms with Gasteiger partial charge in [-0.05, 0) is 38.5 Å². The standard InChI is InChI=1S/C51H98O12S/c1-3-5-7-9-11-13-15-17-18-19-20-21-22-23-24-25-26-27-28-30-32-34-36-38-40-47(53)61-45(43-59-41-39-37-35-33-31-29-16-14-12-10-8-6-4-2)44-60-51-49(55)50(63-64(56,57)58)48(54)46(42-52)62-51/h12,14,45-46,48-52,54-55H,3-11,13,15-44H2,1-2H3,(H,56,57,58)/b14-12-. The van der Waals surface area contributed by atoms with E-state index in [1.165, 1.54) is 173 Å². The van der Waals surface area contributed by atoms with Gasteiger partial charge >= 0.3 is 16.4 Å². The van der Waals surface area contributed by atoms with E-state index in [-0.39, 0.29) is 19.6 Å². The summed E-state index contributed by atoms with van der Waals surface area (Å²) in [5.41, 5.74) is 0. The molecule has 6 atom stereocenters. The normalized spacial score (nSPS) is 19.8. The third kappa shape index (κ3) is 36.0. The van der Waals surface area contributed by atoms with E-state index in [9.17, 15) is 33.1 Å². The summed E-state index contributed by atoms with van der Waals surface area (Å²) in [7, 11) is -5.06. The van der Waals surface area contributed by atoms with Crippen LogP contribution in [0.2, 0.25) is 0 Å². The van der Waals surface area contributed by atoms with Crippen molar-refractivity contribution in [3.8, 4) is 0 Å². The van der Waals surface area contributed by atoms with Crippen LogP contribution in [0.4, 0.5) is 0 Å². The molecule has 380 valence electrons. The van der Waals surface area contributed by atoms with Gasteiger partial charge in [-0.15, -0.1) is 0 Å². The van der Waals surface area contributed by atoms with Crippen molar-refractivity contribution in [2.45, 2.75) is 282 Å². The van der Waals surface area contributed by atoms with Gasteiger partial charge in [-0.3, -0.25) is 9.35 Å². The summed E-state index contributed by atoms with van der Waals surface area (Å²) in [6.07, 6.45) is 39.7. The predicted molar refractivity (Wildman–Crippen MR) is 258 cm³/mol. The highest BCUT2D eigenvalue weighted by Gasteiger charge is 2.48. The molecule has 1 heterocycles. The number of allylic oxidation sites excluding steroid dienone is 2. The molecule has 0 aromatic heterocycles. The zero-order valence-electron chi connectivity index (χ0n) is 40.9. The second kappa shape index (κ2) is 43.1. The van der Waals surface area contributed by atoms with Gasteiger partial charge in [0.2, 0.25) is 0 Å². The van der Waals surface area contributed by atoms with Gasteiger partial charge in [-0.1, -0.05) is 212 Å². The molecule has 1 fully saturated rings. The van der Waals surface area contributed by atoms with Gasteiger partial charge in [0.05, 0.1) is 19.8 Å². The summed E-state index contributed by atoms with van der Waals surface area (Å²) in [5, 5.41) is 30.7. The Morgan fingerprint density at radius 2 is 0.984 bits per heavy atom. The summed E-state index contributed by atoms with van der Waals surface area (Å²) in [4.78, 5) is 12.9. The average Bonchev–Trinajstić information content (AvgIpc) is 3.27. The van der Waals surface area contributed by atoms with Crippen molar-refractivity contribution in [3.63, 3.8) is 0 Å². The Morgan fingerprint density at radius 1 is 0.578 bits per heavy atom. The molecule has 1 rings (SSSR count). The third-order valence-corrected chi connectivity index (χ3v) is 12.9. The zero-order valence-corrected chi connectivity index (χ0v) is 41.7. The Morgan fingerprint density at radius 3 is 1.44 bits per heavy atom. The lowest BCUT2D eigenvalue weighted by Crippen LogP contribution is -2.60. The van der Waals surface area contributed by atoms with Gasteiger partial charge < -0.3 is 34.3 Å². The lowest BCUT2D eigenvalue weighted by atomic mass is 9.99. The highest BCUT2D eigenvalue weighted by Crippen LogP contribution is 2.26. The highest BCUT2D eigenvalue weighted by molar-refractivity contribution is 7.80. The summed E-state index contributed by atoms with van der Waals surface area (Å²) in [6, 6.07) is 0. The third-order valence-electron chi connectivity index (χ3n) is 12.4. The number of aliphatic hydroxyl groups excluding tert-OH is 3. The van der Waals surface area contributed by atoms with E-state index in [2.05, 4.69) is 30.2 Å². The second-order valence-corrected chi connectivity index (χ2v) is 19.5. The number of hydrogen-bond donors (Lipinski definition) is 4. The van der Waals surface area contributed by atoms with Crippen molar-refractivity contribution in [2.24, 2.45) is 0 Å². The Kier molecular flexibility index (Phi) is 41.0. The van der Waals surface area contributed by atoms with Crippen molar-refractivity contribution >= 4 is 16.4 Å². The van der Waals surface area contributed by atoms with E-state index < -0.39 is 59.8 Å². The van der Waals surface area contributed by atoms with Crippen LogP contribution in [0.1, 0.15) is 245 Å². The molecule has 0 radical (unpaired) electrons. The molecule has 1 saturated heterocycles. The molecular formula is C51H98O12S. The van der Waals surface area contributed by atoms with E-state index in [0.717, 1.165) is 44.9 Å². The first-order chi connectivity index (χ1) is 31.1. The first-order valence-corrected chi connectivity index (χ1v) is 27.8. The summed E-state index contributed by atoms with van der Waals surface area (Å²) in [6.45, 7) is 4.00. The number of esters is 1. The van der Waals surface area contributed by atoms with Crippen LogP contribution in [-0.4, -0.2) is 97.5 Å². The zero-order chi connectivity index (χ0) is 46.8. The number of ether oxygens (including phenoxy) is 4. The number of aliphatic hydroxyl groups is 3. The van der Waals surface area contributed by atoms with Crippen LogP contribution in [0, 0.1) is 0 Å². The highest BCUT2D eigenvalue weighted by atomic mass is 32.3. The van der Waals surface area contributed by atoms with Gasteiger partial charge in [0.1, 0.15) is 30.5 Å². The molecule has 1 aliphatic heterocycles. The van der Waals surface area contributed by atoms with Crippen LogP contribution in [0.25, 0.3) is 0 Å². The molecule has 0 spiro atoms. The van der Waals surface area contributed by atoms with Crippen LogP contribution in [-0.2, 0) is 38.3 Å². The molecule has 0 amide bonds. The summed E-state index contributed by atoms with van der Waals surface area (Å²) >= 11 is 0. The van der Waals surface area contributed by atoms with Crippen molar-refractivity contribution in [3.05, 3.63) is 12.2 Å². The quantitative estimate of drug-likeness (QED) is 0.0197. The molecule has 64 heavy (non-hydrogen) atoms. The van der Waals surface area contributed by atoms with Crippen LogP contribution in [0.5, 0.6) is 0 Å². The summed E-state index contributed by atoms with van der Waals surface area (Å²) < 4.78 is 59.2. The molecule has 1 aliphatic rings. The topological polar surface area (TPSA) is 178 Å². The Balaban J connectivity index is 2.28. The minimum absolute atomic E-state index is 0.0373. The van der Waals surface area contributed by atoms with E-state index in [4.69, 9.17) is 18.9 Å². The van der Waals surface area contributed by atoms with Crippen molar-refractivity contribution in [1.82, 2.24) is 0 Å². The number of hydrogen-bond acceptors (Lipinski definition) is 11. The second-order valence-electron chi connectivity index (χ2n) is 18.5. The Labute approximate surface area is 391 Å². The molecule has 0 aromatic carbocycles. The molecule has 6 unspecified atom stereocenters. The van der Waals surface area contributed by atoms with Crippen LogP contribution in [0.3, 0.4) is 0 Å². The van der Waals surface area contributed by atoms with E-state index in [1.807, 2.05) is 0 Å². The minimum Gasteiger partial charge on any atom is -0.457 e. The van der Waals surface area contributed by atoms with E-state index in [1.54, 1.807) is 0 Å². The smallest absolute Gasteiger partial charge is 0.397 e.